The highest BCUT2D eigenvalue weighted by Gasteiger charge is 2.18. The Hall–Kier alpha value is -2.52. The summed E-state index contributed by atoms with van der Waals surface area (Å²) in [5, 5.41) is 14.0. The second-order valence-corrected chi connectivity index (χ2v) is 8.75. The number of methoxy groups -OCH3 is 1. The van der Waals surface area contributed by atoms with E-state index >= 15 is 0 Å². The van der Waals surface area contributed by atoms with Gasteiger partial charge in [0.15, 0.2) is 23.0 Å². The standard InChI is InChI=1S/C26H27BrFNO5.ClH/c1-31-25-13-18(15-29-9-8-17-2-5-20(28)6-3-17)12-21(27)26(25)34-16-22(30)19-4-7-23-24(14-19)33-11-10-32-23;/h2-7,12-14,22,29-30H,8-11,15-16H2,1H3;1H. The van der Waals surface area contributed by atoms with Gasteiger partial charge in [-0.25, -0.2) is 4.39 Å². The summed E-state index contributed by atoms with van der Waals surface area (Å²) in [5.41, 5.74) is 2.77. The number of fused-ring (bicyclic) bond motifs is 1. The van der Waals surface area contributed by atoms with Gasteiger partial charge in [-0.2, -0.15) is 0 Å². The van der Waals surface area contributed by atoms with E-state index < -0.39 is 6.10 Å². The van der Waals surface area contributed by atoms with Crippen LogP contribution >= 0.6 is 28.3 Å². The topological polar surface area (TPSA) is 69.2 Å². The molecule has 0 aromatic heterocycles. The van der Waals surface area contributed by atoms with Crippen LogP contribution in [0.4, 0.5) is 4.39 Å². The van der Waals surface area contributed by atoms with Gasteiger partial charge in [0.05, 0.1) is 11.6 Å². The average Bonchev–Trinajstić information content (AvgIpc) is 2.86. The molecule has 0 aliphatic carbocycles. The van der Waals surface area contributed by atoms with Gasteiger partial charge in [-0.15, -0.1) is 12.4 Å². The fourth-order valence-electron chi connectivity index (χ4n) is 3.66. The van der Waals surface area contributed by atoms with Crippen LogP contribution in [0.5, 0.6) is 23.0 Å². The van der Waals surface area contributed by atoms with Crippen molar-refractivity contribution in [2.75, 3.05) is 33.5 Å². The minimum absolute atomic E-state index is 0. The van der Waals surface area contributed by atoms with Crippen LogP contribution in [0.15, 0.2) is 59.1 Å². The third-order valence-corrected chi connectivity index (χ3v) is 6.05. The molecular weight excluding hydrogens is 541 g/mol. The predicted octanol–water partition coefficient (Wildman–Crippen LogP) is 5.23. The lowest BCUT2D eigenvalue weighted by Gasteiger charge is -2.21. The molecule has 0 fully saturated rings. The van der Waals surface area contributed by atoms with Crippen molar-refractivity contribution in [3.05, 3.63) is 81.6 Å². The number of aliphatic hydroxyl groups excluding tert-OH is 1. The minimum Gasteiger partial charge on any atom is -0.493 e. The number of halogens is 3. The van der Waals surface area contributed by atoms with Crippen LogP contribution in [-0.4, -0.2) is 38.6 Å². The Kier molecular flexibility index (Phi) is 10.0. The van der Waals surface area contributed by atoms with E-state index in [2.05, 4.69) is 21.2 Å². The van der Waals surface area contributed by atoms with E-state index in [1.807, 2.05) is 12.1 Å². The zero-order valence-electron chi connectivity index (χ0n) is 19.3. The van der Waals surface area contributed by atoms with Crippen LogP contribution in [0, 0.1) is 5.82 Å². The molecule has 0 spiro atoms. The van der Waals surface area contributed by atoms with Crippen molar-refractivity contribution in [2.24, 2.45) is 0 Å². The molecule has 1 aliphatic rings. The van der Waals surface area contributed by atoms with Gasteiger partial charge >= 0.3 is 0 Å². The van der Waals surface area contributed by atoms with Gasteiger partial charge in [0, 0.05) is 6.54 Å². The monoisotopic (exact) mass is 567 g/mol. The van der Waals surface area contributed by atoms with Crippen molar-refractivity contribution in [3.8, 4) is 23.0 Å². The fraction of sp³-hybridized carbons (Fsp3) is 0.308. The molecule has 0 radical (unpaired) electrons. The predicted molar refractivity (Wildman–Crippen MR) is 138 cm³/mol. The van der Waals surface area contributed by atoms with E-state index in [1.54, 1.807) is 37.4 Å². The zero-order valence-corrected chi connectivity index (χ0v) is 21.7. The van der Waals surface area contributed by atoms with E-state index in [0.717, 1.165) is 28.6 Å². The summed E-state index contributed by atoms with van der Waals surface area (Å²) < 4.78 is 36.3. The summed E-state index contributed by atoms with van der Waals surface area (Å²) in [6.07, 6.45) is -0.0439. The van der Waals surface area contributed by atoms with Crippen LogP contribution < -0.4 is 24.3 Å². The largest absolute Gasteiger partial charge is 0.493 e. The maximum atomic E-state index is 13.0. The lowest BCUT2D eigenvalue weighted by atomic mass is 10.1. The summed E-state index contributed by atoms with van der Waals surface area (Å²) in [4.78, 5) is 0. The molecule has 1 aliphatic heterocycles. The van der Waals surface area contributed by atoms with Crippen molar-refractivity contribution in [1.29, 1.82) is 0 Å². The lowest BCUT2D eigenvalue weighted by Crippen LogP contribution is -2.17. The molecule has 35 heavy (non-hydrogen) atoms. The molecule has 0 bridgehead atoms. The van der Waals surface area contributed by atoms with Gasteiger partial charge in [0.25, 0.3) is 0 Å². The van der Waals surface area contributed by atoms with Gasteiger partial charge in [-0.05, 0) is 82.0 Å². The van der Waals surface area contributed by atoms with Crippen LogP contribution in [0.1, 0.15) is 22.8 Å². The van der Waals surface area contributed by atoms with Gasteiger partial charge in [0.1, 0.15) is 31.7 Å². The smallest absolute Gasteiger partial charge is 0.175 e. The SMILES string of the molecule is COc1cc(CNCCc2ccc(F)cc2)cc(Br)c1OCC(O)c1ccc2c(c1)OCCO2.Cl. The molecular formula is C26H28BrClFNO5. The number of rotatable bonds is 10. The lowest BCUT2D eigenvalue weighted by molar-refractivity contribution is 0.105. The number of nitrogens with one attached hydrogen (secondary N) is 1. The summed E-state index contributed by atoms with van der Waals surface area (Å²) >= 11 is 3.56. The fourth-order valence-corrected chi connectivity index (χ4v) is 4.26. The van der Waals surface area contributed by atoms with Crippen LogP contribution in [0.25, 0.3) is 0 Å². The minimum atomic E-state index is -0.847. The Balaban J connectivity index is 0.00000342. The number of hydrogen-bond donors (Lipinski definition) is 2. The Labute approximate surface area is 218 Å². The molecule has 4 rings (SSSR count). The van der Waals surface area contributed by atoms with Crippen molar-refractivity contribution < 1.29 is 28.4 Å². The van der Waals surface area contributed by atoms with Crippen LogP contribution in [0.3, 0.4) is 0 Å². The highest BCUT2D eigenvalue weighted by molar-refractivity contribution is 9.10. The Morgan fingerprint density at radius 2 is 1.77 bits per heavy atom. The Morgan fingerprint density at radius 1 is 1.03 bits per heavy atom. The average molecular weight is 569 g/mol. The third kappa shape index (κ3) is 7.24. The third-order valence-electron chi connectivity index (χ3n) is 5.46. The highest BCUT2D eigenvalue weighted by atomic mass is 79.9. The first-order valence-electron chi connectivity index (χ1n) is 11.1. The molecule has 9 heteroatoms. The molecule has 1 heterocycles. The summed E-state index contributed by atoms with van der Waals surface area (Å²) in [6.45, 7) is 2.44. The number of ether oxygens (including phenoxy) is 4. The molecule has 0 amide bonds. The molecule has 2 N–H and O–H groups in total. The van der Waals surface area contributed by atoms with E-state index in [-0.39, 0.29) is 24.8 Å². The van der Waals surface area contributed by atoms with Crippen LogP contribution in [-0.2, 0) is 13.0 Å². The molecule has 3 aromatic carbocycles. The van der Waals surface area contributed by atoms with Gasteiger partial charge < -0.3 is 29.4 Å². The maximum Gasteiger partial charge on any atom is 0.175 e. The van der Waals surface area contributed by atoms with Crippen molar-refractivity contribution in [2.45, 2.75) is 19.1 Å². The van der Waals surface area contributed by atoms with Crippen molar-refractivity contribution in [3.63, 3.8) is 0 Å². The van der Waals surface area contributed by atoms with E-state index in [4.69, 9.17) is 18.9 Å². The maximum absolute atomic E-state index is 13.0. The summed E-state index contributed by atoms with van der Waals surface area (Å²) in [5.74, 6) is 2.16. The first-order chi connectivity index (χ1) is 16.5. The van der Waals surface area contributed by atoms with Gasteiger partial charge in [0.2, 0.25) is 0 Å². The highest BCUT2D eigenvalue weighted by Crippen LogP contribution is 2.38. The van der Waals surface area contributed by atoms with Gasteiger partial charge in [-0.1, -0.05) is 18.2 Å². The second kappa shape index (κ2) is 13.0. The van der Waals surface area contributed by atoms with E-state index in [1.165, 1.54) is 12.1 Å². The summed E-state index contributed by atoms with van der Waals surface area (Å²) in [7, 11) is 1.58. The molecule has 0 saturated carbocycles. The van der Waals surface area contributed by atoms with E-state index in [0.29, 0.717) is 48.3 Å². The van der Waals surface area contributed by atoms with E-state index in [9.17, 15) is 9.50 Å². The number of aliphatic hydroxyl groups is 1. The number of benzene rings is 3. The second-order valence-electron chi connectivity index (χ2n) is 7.89. The molecule has 0 saturated heterocycles. The van der Waals surface area contributed by atoms with Crippen molar-refractivity contribution in [1.82, 2.24) is 5.32 Å². The zero-order chi connectivity index (χ0) is 23.9. The Morgan fingerprint density at radius 3 is 2.51 bits per heavy atom. The molecule has 1 atom stereocenters. The molecule has 6 nitrogen and oxygen atoms in total. The number of hydrogen-bond acceptors (Lipinski definition) is 6. The normalized spacial score (nSPS) is 13.0. The van der Waals surface area contributed by atoms with Gasteiger partial charge in [-0.3, -0.25) is 0 Å². The first kappa shape index (κ1) is 27.1. The molecule has 188 valence electrons. The Bertz CT molecular complexity index is 1120. The van der Waals surface area contributed by atoms with Crippen LogP contribution in [0.2, 0.25) is 0 Å². The quantitative estimate of drug-likeness (QED) is 0.326. The summed E-state index contributed by atoms with van der Waals surface area (Å²) in [6, 6.07) is 15.8. The molecule has 3 aromatic rings. The molecule has 1 unspecified atom stereocenters. The van der Waals surface area contributed by atoms with Crippen molar-refractivity contribution >= 4 is 28.3 Å². The first-order valence-corrected chi connectivity index (χ1v) is 11.8.